The molecule has 1 aromatic carbocycles. The first kappa shape index (κ1) is 13.3. The van der Waals surface area contributed by atoms with Gasteiger partial charge in [-0.1, -0.05) is 0 Å². The van der Waals surface area contributed by atoms with E-state index in [9.17, 15) is 9.18 Å². The molecule has 0 aromatic heterocycles. The second-order valence-corrected chi connectivity index (χ2v) is 4.92. The first-order valence-electron chi connectivity index (χ1n) is 5.61. The van der Waals surface area contributed by atoms with Crippen LogP contribution in [-0.4, -0.2) is 25.3 Å². The van der Waals surface area contributed by atoms with E-state index >= 15 is 0 Å². The fourth-order valence-electron chi connectivity index (χ4n) is 1.73. The van der Waals surface area contributed by atoms with Gasteiger partial charge in [0.05, 0.1) is 24.5 Å². The average Bonchev–Trinajstić information content (AvgIpc) is 2.35. The van der Waals surface area contributed by atoms with Gasteiger partial charge in [0.25, 0.3) is 0 Å². The fourth-order valence-corrected chi connectivity index (χ4v) is 2.21. The SMILES string of the molecule is Nc1cc(C(=O)OC2CCOCC2)c(Br)cc1F. The Balaban J connectivity index is 2.10. The van der Waals surface area contributed by atoms with Crippen LogP contribution in [0, 0.1) is 5.82 Å². The van der Waals surface area contributed by atoms with Crippen molar-refractivity contribution < 1.29 is 18.7 Å². The van der Waals surface area contributed by atoms with Gasteiger partial charge in [-0.15, -0.1) is 0 Å². The third-order valence-corrected chi connectivity index (χ3v) is 3.40. The summed E-state index contributed by atoms with van der Waals surface area (Å²) >= 11 is 3.13. The Morgan fingerprint density at radius 3 is 2.78 bits per heavy atom. The molecule has 1 aliphatic heterocycles. The predicted octanol–water partition coefficient (Wildman–Crippen LogP) is 2.51. The van der Waals surface area contributed by atoms with Crippen molar-refractivity contribution in [2.45, 2.75) is 18.9 Å². The second-order valence-electron chi connectivity index (χ2n) is 4.07. The molecule has 18 heavy (non-hydrogen) atoms. The number of hydrogen-bond donors (Lipinski definition) is 1. The zero-order valence-electron chi connectivity index (χ0n) is 9.62. The molecule has 98 valence electrons. The zero-order valence-corrected chi connectivity index (χ0v) is 11.2. The maximum atomic E-state index is 13.2. The van der Waals surface area contributed by atoms with Gasteiger partial charge in [0.2, 0.25) is 0 Å². The molecule has 0 saturated carbocycles. The van der Waals surface area contributed by atoms with Crippen LogP contribution < -0.4 is 5.73 Å². The zero-order chi connectivity index (χ0) is 13.1. The summed E-state index contributed by atoms with van der Waals surface area (Å²) in [5.41, 5.74) is 5.60. The molecule has 0 bridgehead atoms. The lowest BCUT2D eigenvalue weighted by Gasteiger charge is -2.22. The Morgan fingerprint density at radius 2 is 2.11 bits per heavy atom. The molecule has 1 heterocycles. The fraction of sp³-hybridized carbons (Fsp3) is 0.417. The topological polar surface area (TPSA) is 61.6 Å². The first-order chi connectivity index (χ1) is 8.58. The summed E-state index contributed by atoms with van der Waals surface area (Å²) in [5, 5.41) is 0. The van der Waals surface area contributed by atoms with Gasteiger partial charge < -0.3 is 15.2 Å². The van der Waals surface area contributed by atoms with Gasteiger partial charge in [0.1, 0.15) is 11.9 Å². The summed E-state index contributed by atoms with van der Waals surface area (Å²) < 4.78 is 24.0. The molecule has 0 aliphatic carbocycles. The largest absolute Gasteiger partial charge is 0.459 e. The van der Waals surface area contributed by atoms with E-state index in [2.05, 4.69) is 15.9 Å². The van der Waals surface area contributed by atoms with Gasteiger partial charge >= 0.3 is 5.97 Å². The van der Waals surface area contributed by atoms with Crippen molar-refractivity contribution in [2.24, 2.45) is 0 Å². The molecule has 0 atom stereocenters. The average molecular weight is 318 g/mol. The number of halogens is 2. The van der Waals surface area contributed by atoms with Crippen molar-refractivity contribution >= 4 is 27.6 Å². The number of benzene rings is 1. The van der Waals surface area contributed by atoms with Crippen LogP contribution in [0.3, 0.4) is 0 Å². The summed E-state index contributed by atoms with van der Waals surface area (Å²) in [7, 11) is 0. The molecule has 1 aliphatic rings. The van der Waals surface area contributed by atoms with Crippen molar-refractivity contribution in [3.05, 3.63) is 28.0 Å². The lowest BCUT2D eigenvalue weighted by atomic mass is 10.1. The Morgan fingerprint density at radius 1 is 1.44 bits per heavy atom. The van der Waals surface area contributed by atoms with Crippen LogP contribution >= 0.6 is 15.9 Å². The number of ether oxygens (including phenoxy) is 2. The van der Waals surface area contributed by atoms with Gasteiger partial charge in [-0.05, 0) is 28.1 Å². The van der Waals surface area contributed by atoms with Crippen LogP contribution in [-0.2, 0) is 9.47 Å². The van der Waals surface area contributed by atoms with Crippen LogP contribution in [0.2, 0.25) is 0 Å². The number of carbonyl (C=O) groups excluding carboxylic acids is 1. The maximum absolute atomic E-state index is 13.2. The van der Waals surface area contributed by atoms with E-state index in [1.54, 1.807) is 0 Å². The van der Waals surface area contributed by atoms with E-state index in [-0.39, 0.29) is 17.4 Å². The van der Waals surface area contributed by atoms with Gasteiger partial charge in [-0.2, -0.15) is 0 Å². The highest BCUT2D eigenvalue weighted by molar-refractivity contribution is 9.10. The number of esters is 1. The van der Waals surface area contributed by atoms with Crippen LogP contribution in [0.5, 0.6) is 0 Å². The molecule has 4 nitrogen and oxygen atoms in total. The first-order valence-corrected chi connectivity index (χ1v) is 6.40. The number of rotatable bonds is 2. The molecule has 1 fully saturated rings. The molecule has 2 N–H and O–H groups in total. The van der Waals surface area contributed by atoms with E-state index in [4.69, 9.17) is 15.2 Å². The highest BCUT2D eigenvalue weighted by Gasteiger charge is 2.21. The number of anilines is 1. The summed E-state index contributed by atoms with van der Waals surface area (Å²) in [4.78, 5) is 11.9. The lowest BCUT2D eigenvalue weighted by Crippen LogP contribution is -2.26. The monoisotopic (exact) mass is 317 g/mol. The maximum Gasteiger partial charge on any atom is 0.339 e. The summed E-state index contributed by atoms with van der Waals surface area (Å²) in [6.45, 7) is 1.18. The molecular formula is C12H13BrFNO3. The third kappa shape index (κ3) is 3.00. The highest BCUT2D eigenvalue weighted by atomic mass is 79.9. The van der Waals surface area contributed by atoms with Gasteiger partial charge in [0, 0.05) is 17.3 Å². The number of hydrogen-bond acceptors (Lipinski definition) is 4. The van der Waals surface area contributed by atoms with E-state index in [1.807, 2.05) is 0 Å². The van der Waals surface area contributed by atoms with Crippen molar-refractivity contribution in [2.75, 3.05) is 18.9 Å². The van der Waals surface area contributed by atoms with Crippen molar-refractivity contribution in [3.8, 4) is 0 Å². The molecule has 1 aromatic rings. The Hall–Kier alpha value is -1.14. The van der Waals surface area contributed by atoms with Crippen molar-refractivity contribution in [1.29, 1.82) is 0 Å². The van der Waals surface area contributed by atoms with E-state index in [0.29, 0.717) is 30.5 Å². The van der Waals surface area contributed by atoms with Crippen molar-refractivity contribution in [1.82, 2.24) is 0 Å². The Bertz CT molecular complexity index is 461. The Kier molecular flexibility index (Phi) is 4.19. The molecule has 0 radical (unpaired) electrons. The van der Waals surface area contributed by atoms with Gasteiger partial charge in [-0.3, -0.25) is 0 Å². The molecular weight excluding hydrogens is 305 g/mol. The smallest absolute Gasteiger partial charge is 0.339 e. The van der Waals surface area contributed by atoms with Crippen LogP contribution in [0.1, 0.15) is 23.2 Å². The molecule has 1 saturated heterocycles. The van der Waals surface area contributed by atoms with Crippen molar-refractivity contribution in [3.63, 3.8) is 0 Å². The summed E-state index contributed by atoms with van der Waals surface area (Å²) in [6, 6.07) is 2.44. The van der Waals surface area contributed by atoms with Crippen LogP contribution in [0.25, 0.3) is 0 Å². The summed E-state index contributed by atoms with van der Waals surface area (Å²) in [6.07, 6.45) is 1.21. The Labute approximate surface area is 112 Å². The summed E-state index contributed by atoms with van der Waals surface area (Å²) in [5.74, 6) is -1.06. The molecule has 0 amide bonds. The molecule has 2 rings (SSSR count). The second kappa shape index (κ2) is 5.67. The number of carbonyl (C=O) groups is 1. The van der Waals surface area contributed by atoms with Crippen LogP contribution in [0.15, 0.2) is 16.6 Å². The van der Waals surface area contributed by atoms with Gasteiger partial charge in [0.15, 0.2) is 0 Å². The van der Waals surface area contributed by atoms with Gasteiger partial charge in [-0.25, -0.2) is 9.18 Å². The normalized spacial score (nSPS) is 16.6. The van der Waals surface area contributed by atoms with E-state index in [0.717, 1.165) is 6.07 Å². The van der Waals surface area contributed by atoms with E-state index < -0.39 is 11.8 Å². The molecule has 6 heteroatoms. The van der Waals surface area contributed by atoms with E-state index in [1.165, 1.54) is 6.07 Å². The molecule has 0 unspecified atom stereocenters. The minimum Gasteiger partial charge on any atom is -0.459 e. The number of nitrogens with two attached hydrogens (primary N) is 1. The third-order valence-electron chi connectivity index (χ3n) is 2.75. The number of nitrogen functional groups attached to an aromatic ring is 1. The molecule has 0 spiro atoms. The highest BCUT2D eigenvalue weighted by Crippen LogP contribution is 2.24. The lowest BCUT2D eigenvalue weighted by molar-refractivity contribution is -0.0159. The minimum atomic E-state index is -0.565. The quantitative estimate of drug-likeness (QED) is 0.672. The predicted molar refractivity (Wildman–Crippen MR) is 67.8 cm³/mol. The van der Waals surface area contributed by atoms with Crippen LogP contribution in [0.4, 0.5) is 10.1 Å². The minimum absolute atomic E-state index is 0.0721. The standard InChI is InChI=1S/C12H13BrFNO3/c13-9-6-10(14)11(15)5-8(9)12(16)18-7-1-3-17-4-2-7/h5-7H,1-4,15H2.